The minimum atomic E-state index is -0.114. The number of rotatable bonds is 5. The first-order valence-electron chi connectivity index (χ1n) is 7.48. The van der Waals surface area contributed by atoms with E-state index < -0.39 is 0 Å². The molecule has 1 N–H and O–H groups in total. The van der Waals surface area contributed by atoms with Crippen LogP contribution in [0.15, 0.2) is 52.9 Å². The highest BCUT2D eigenvalue weighted by Gasteiger charge is 2.12. The fraction of sp³-hybridized carbons (Fsp3) is 0.167. The molecule has 0 bridgehead atoms. The van der Waals surface area contributed by atoms with Gasteiger partial charge in [-0.1, -0.05) is 6.07 Å². The van der Waals surface area contributed by atoms with Gasteiger partial charge >= 0.3 is 0 Å². The van der Waals surface area contributed by atoms with E-state index in [-0.39, 0.29) is 6.04 Å². The smallest absolute Gasteiger partial charge is 0.238 e. The lowest BCUT2D eigenvalue weighted by molar-refractivity contribution is 0.450. The Bertz CT molecular complexity index is 865. The summed E-state index contributed by atoms with van der Waals surface area (Å²) in [4.78, 5) is 0. The van der Waals surface area contributed by atoms with E-state index in [0.29, 0.717) is 28.8 Å². The zero-order valence-electron chi connectivity index (χ0n) is 13.4. The van der Waals surface area contributed by atoms with Crippen LogP contribution in [0.2, 0.25) is 0 Å². The maximum absolute atomic E-state index is 8.82. The number of nitrogens with one attached hydrogen (secondary N) is 1. The van der Waals surface area contributed by atoms with Crippen LogP contribution in [0.5, 0.6) is 11.5 Å². The molecular weight excluding hydrogens is 304 g/mol. The van der Waals surface area contributed by atoms with Crippen LogP contribution in [0.4, 0.5) is 5.69 Å². The summed E-state index contributed by atoms with van der Waals surface area (Å²) in [6.45, 7) is 3.70. The van der Waals surface area contributed by atoms with Crippen molar-refractivity contribution in [2.24, 2.45) is 0 Å². The average molecular weight is 320 g/mol. The maximum Gasteiger partial charge on any atom is 0.238 e. The molecule has 24 heavy (non-hydrogen) atoms. The van der Waals surface area contributed by atoms with E-state index in [0.717, 1.165) is 5.69 Å². The van der Waals surface area contributed by atoms with Crippen molar-refractivity contribution in [1.29, 1.82) is 5.26 Å². The van der Waals surface area contributed by atoms with Crippen LogP contribution in [0.3, 0.4) is 0 Å². The number of ether oxygens (including phenoxy) is 1. The molecule has 0 aliphatic rings. The number of hydrogen-bond acceptors (Lipinski definition) is 6. The highest BCUT2D eigenvalue weighted by Crippen LogP contribution is 2.26. The summed E-state index contributed by atoms with van der Waals surface area (Å²) in [5, 5.41) is 20.0. The summed E-state index contributed by atoms with van der Waals surface area (Å²) in [6, 6.07) is 16.5. The lowest BCUT2D eigenvalue weighted by Crippen LogP contribution is -2.07. The van der Waals surface area contributed by atoms with Crippen LogP contribution < -0.4 is 10.1 Å². The second-order valence-corrected chi connectivity index (χ2v) is 5.29. The Morgan fingerprint density at radius 1 is 1.12 bits per heavy atom. The van der Waals surface area contributed by atoms with Crippen molar-refractivity contribution in [3.8, 4) is 17.6 Å². The first-order valence-corrected chi connectivity index (χ1v) is 7.48. The molecule has 1 atom stereocenters. The molecule has 6 heteroatoms. The standard InChI is InChI=1S/C18H16N4O2/c1-12(18-22-21-13(2)23-18)20-15-4-3-5-17(10-15)24-16-8-6-14(11-19)7-9-16/h3-10,12,20H,1-2H3/t12-/m1/s1. The SMILES string of the molecule is Cc1nnc([C@@H](C)Nc2cccc(Oc3ccc(C#N)cc3)c2)o1. The van der Waals surface area contributed by atoms with E-state index in [1.807, 2.05) is 31.2 Å². The van der Waals surface area contributed by atoms with E-state index in [1.165, 1.54) is 0 Å². The molecule has 0 unspecified atom stereocenters. The fourth-order valence-corrected chi connectivity index (χ4v) is 2.18. The largest absolute Gasteiger partial charge is 0.457 e. The van der Waals surface area contributed by atoms with Gasteiger partial charge in [-0.15, -0.1) is 10.2 Å². The summed E-state index contributed by atoms with van der Waals surface area (Å²) in [6.07, 6.45) is 0. The molecule has 6 nitrogen and oxygen atoms in total. The third kappa shape index (κ3) is 3.70. The molecule has 1 aromatic heterocycles. The van der Waals surface area contributed by atoms with Gasteiger partial charge in [0.25, 0.3) is 0 Å². The van der Waals surface area contributed by atoms with E-state index in [4.69, 9.17) is 14.4 Å². The summed E-state index contributed by atoms with van der Waals surface area (Å²) in [5.74, 6) is 2.44. The molecule has 0 saturated heterocycles. The predicted molar refractivity (Wildman–Crippen MR) is 88.7 cm³/mol. The fourth-order valence-electron chi connectivity index (χ4n) is 2.18. The predicted octanol–water partition coefficient (Wildman–Crippen LogP) is 4.22. The highest BCUT2D eigenvalue weighted by atomic mass is 16.5. The second kappa shape index (κ2) is 6.84. The van der Waals surface area contributed by atoms with Gasteiger partial charge in [-0.05, 0) is 43.3 Å². The summed E-state index contributed by atoms with van der Waals surface area (Å²) < 4.78 is 11.2. The highest BCUT2D eigenvalue weighted by molar-refractivity contribution is 5.50. The van der Waals surface area contributed by atoms with Gasteiger partial charge in [0.2, 0.25) is 11.8 Å². The van der Waals surface area contributed by atoms with Crippen LogP contribution in [0.1, 0.15) is 30.3 Å². The van der Waals surface area contributed by atoms with E-state index in [2.05, 4.69) is 21.6 Å². The van der Waals surface area contributed by atoms with Gasteiger partial charge in [0.05, 0.1) is 11.6 Å². The summed E-state index contributed by atoms with van der Waals surface area (Å²) in [7, 11) is 0. The number of nitrogens with zero attached hydrogens (tertiary/aromatic N) is 3. The minimum Gasteiger partial charge on any atom is -0.457 e. The molecule has 3 aromatic rings. The Labute approximate surface area is 139 Å². The zero-order chi connectivity index (χ0) is 16.9. The number of nitriles is 1. The number of anilines is 1. The van der Waals surface area contributed by atoms with Crippen molar-refractivity contribution in [3.05, 3.63) is 65.9 Å². The Hall–Kier alpha value is -3.33. The van der Waals surface area contributed by atoms with Crippen LogP contribution in [0, 0.1) is 18.3 Å². The van der Waals surface area contributed by atoms with E-state index >= 15 is 0 Å². The second-order valence-electron chi connectivity index (χ2n) is 5.29. The van der Waals surface area contributed by atoms with Gasteiger partial charge in [-0.3, -0.25) is 0 Å². The lowest BCUT2D eigenvalue weighted by atomic mass is 10.2. The number of aryl methyl sites for hydroxylation is 1. The molecule has 120 valence electrons. The topological polar surface area (TPSA) is 84.0 Å². The van der Waals surface area contributed by atoms with Crippen molar-refractivity contribution in [2.45, 2.75) is 19.9 Å². The quantitative estimate of drug-likeness (QED) is 0.758. The molecule has 0 aliphatic heterocycles. The van der Waals surface area contributed by atoms with Gasteiger partial charge in [0.15, 0.2) is 0 Å². The van der Waals surface area contributed by atoms with Gasteiger partial charge in [-0.2, -0.15) is 5.26 Å². The molecule has 3 rings (SSSR count). The van der Waals surface area contributed by atoms with Crippen LogP contribution in [-0.4, -0.2) is 10.2 Å². The summed E-state index contributed by atoms with van der Waals surface area (Å²) >= 11 is 0. The van der Waals surface area contributed by atoms with Crippen molar-refractivity contribution in [3.63, 3.8) is 0 Å². The summed E-state index contributed by atoms with van der Waals surface area (Å²) in [5.41, 5.74) is 1.48. The molecule has 2 aromatic carbocycles. The minimum absolute atomic E-state index is 0.114. The molecule has 0 fully saturated rings. The number of aromatic nitrogens is 2. The first kappa shape index (κ1) is 15.6. The van der Waals surface area contributed by atoms with Gasteiger partial charge < -0.3 is 14.5 Å². The van der Waals surface area contributed by atoms with Crippen LogP contribution in [-0.2, 0) is 0 Å². The van der Waals surface area contributed by atoms with Gasteiger partial charge in [-0.25, -0.2) is 0 Å². The molecule has 0 radical (unpaired) electrons. The lowest BCUT2D eigenvalue weighted by Gasteiger charge is -2.13. The van der Waals surface area contributed by atoms with Gasteiger partial charge in [0.1, 0.15) is 17.5 Å². The molecule has 0 saturated carbocycles. The Kier molecular flexibility index (Phi) is 4.43. The third-order valence-corrected chi connectivity index (χ3v) is 3.35. The molecule has 0 spiro atoms. The molecule has 0 amide bonds. The van der Waals surface area contributed by atoms with E-state index in [1.54, 1.807) is 31.2 Å². The van der Waals surface area contributed by atoms with Gasteiger partial charge in [0, 0.05) is 18.7 Å². The Morgan fingerprint density at radius 2 is 1.92 bits per heavy atom. The van der Waals surface area contributed by atoms with Crippen molar-refractivity contribution >= 4 is 5.69 Å². The zero-order valence-corrected chi connectivity index (χ0v) is 13.4. The van der Waals surface area contributed by atoms with Crippen molar-refractivity contribution in [1.82, 2.24) is 10.2 Å². The van der Waals surface area contributed by atoms with Crippen LogP contribution in [0.25, 0.3) is 0 Å². The monoisotopic (exact) mass is 320 g/mol. The van der Waals surface area contributed by atoms with Crippen molar-refractivity contribution < 1.29 is 9.15 Å². The average Bonchev–Trinajstić information content (AvgIpc) is 3.02. The van der Waals surface area contributed by atoms with Crippen molar-refractivity contribution in [2.75, 3.05) is 5.32 Å². The Morgan fingerprint density at radius 3 is 2.58 bits per heavy atom. The normalized spacial score (nSPS) is 11.5. The van der Waals surface area contributed by atoms with Crippen LogP contribution >= 0.6 is 0 Å². The Balaban J connectivity index is 1.70. The maximum atomic E-state index is 8.82. The molecule has 0 aliphatic carbocycles. The molecule has 1 heterocycles. The molecular formula is C18H16N4O2. The van der Waals surface area contributed by atoms with E-state index in [9.17, 15) is 0 Å². The third-order valence-electron chi connectivity index (χ3n) is 3.35. The number of hydrogen-bond donors (Lipinski definition) is 1. The number of benzene rings is 2. The first-order chi connectivity index (χ1) is 11.6.